The van der Waals surface area contributed by atoms with E-state index in [0.29, 0.717) is 0 Å². The summed E-state index contributed by atoms with van der Waals surface area (Å²) in [5.41, 5.74) is 4.60. The van der Waals surface area contributed by atoms with Crippen molar-refractivity contribution in [1.82, 2.24) is 19.5 Å². The van der Waals surface area contributed by atoms with Gasteiger partial charge in [0.25, 0.3) is 0 Å². The van der Waals surface area contributed by atoms with E-state index < -0.39 is 0 Å². The van der Waals surface area contributed by atoms with Crippen molar-refractivity contribution < 1.29 is 4.74 Å². The molecule has 0 saturated carbocycles. The topological polar surface area (TPSA) is 56.1 Å². The third-order valence-electron chi connectivity index (χ3n) is 5.24. The minimum atomic E-state index is 0.276. The summed E-state index contributed by atoms with van der Waals surface area (Å²) in [5.74, 6) is 0.936. The first kappa shape index (κ1) is 14.8. The van der Waals surface area contributed by atoms with Gasteiger partial charge in [-0.2, -0.15) is 0 Å². The molecule has 1 atom stereocenters. The molecule has 0 N–H and O–H groups in total. The molecule has 0 amide bonds. The number of ether oxygens (including phenoxy) is 1. The number of rotatable bonds is 3. The molecular formula is C19H21N5O. The van der Waals surface area contributed by atoms with Gasteiger partial charge in [-0.25, -0.2) is 15.0 Å². The van der Waals surface area contributed by atoms with E-state index in [1.807, 2.05) is 6.33 Å². The third kappa shape index (κ3) is 2.66. The number of nitrogens with zero attached hydrogens (tertiary/aromatic N) is 5. The molecule has 0 radical (unpaired) electrons. The molecule has 5 rings (SSSR count). The van der Waals surface area contributed by atoms with Crippen LogP contribution in [0.25, 0.3) is 11.2 Å². The lowest BCUT2D eigenvalue weighted by Gasteiger charge is -2.29. The Kier molecular flexibility index (Phi) is 3.63. The number of imidazole rings is 1. The van der Waals surface area contributed by atoms with Crippen LogP contribution in [-0.4, -0.2) is 38.8 Å². The van der Waals surface area contributed by atoms with Crippen molar-refractivity contribution in [3.05, 3.63) is 48.0 Å². The molecule has 6 nitrogen and oxygen atoms in total. The normalized spacial score (nSPS) is 20.2. The average Bonchev–Trinajstić information content (AvgIpc) is 3.32. The highest BCUT2D eigenvalue weighted by molar-refractivity contribution is 5.83. The first-order valence-corrected chi connectivity index (χ1v) is 8.97. The van der Waals surface area contributed by atoms with Crippen LogP contribution in [0, 0.1) is 0 Å². The molecule has 2 aromatic heterocycles. The van der Waals surface area contributed by atoms with E-state index in [1.54, 1.807) is 6.33 Å². The van der Waals surface area contributed by atoms with Crippen LogP contribution in [0.2, 0.25) is 0 Å². The number of benzene rings is 1. The fourth-order valence-electron chi connectivity index (χ4n) is 3.92. The van der Waals surface area contributed by atoms with Gasteiger partial charge in [-0.1, -0.05) is 24.3 Å². The zero-order chi connectivity index (χ0) is 16.6. The molecule has 2 aliphatic rings. The second kappa shape index (κ2) is 6.11. The highest BCUT2D eigenvalue weighted by atomic mass is 16.5. The fraction of sp³-hybridized carbons (Fsp3) is 0.421. The minimum absolute atomic E-state index is 0.276. The molecule has 25 heavy (non-hydrogen) atoms. The van der Waals surface area contributed by atoms with Gasteiger partial charge < -0.3 is 14.2 Å². The van der Waals surface area contributed by atoms with Crippen LogP contribution >= 0.6 is 0 Å². The smallest absolute Gasteiger partial charge is 0.165 e. The van der Waals surface area contributed by atoms with E-state index in [1.165, 1.54) is 11.1 Å². The molecule has 1 unspecified atom stereocenters. The van der Waals surface area contributed by atoms with Gasteiger partial charge in [0.05, 0.1) is 19.0 Å². The minimum Gasteiger partial charge on any atom is -0.376 e. The molecular weight excluding hydrogens is 314 g/mol. The molecule has 1 fully saturated rings. The molecule has 0 bridgehead atoms. The maximum atomic E-state index is 5.76. The molecule has 1 saturated heterocycles. The van der Waals surface area contributed by atoms with Crippen molar-refractivity contribution in [2.75, 3.05) is 18.1 Å². The van der Waals surface area contributed by atoms with Gasteiger partial charge in [0.2, 0.25) is 0 Å². The van der Waals surface area contributed by atoms with Gasteiger partial charge in [-0.3, -0.25) is 0 Å². The predicted octanol–water partition coefficient (Wildman–Crippen LogP) is 2.57. The summed E-state index contributed by atoms with van der Waals surface area (Å²) in [6, 6.07) is 8.65. The van der Waals surface area contributed by atoms with Crippen LogP contribution < -0.4 is 4.90 Å². The van der Waals surface area contributed by atoms with Crippen LogP contribution in [0.5, 0.6) is 0 Å². The maximum Gasteiger partial charge on any atom is 0.165 e. The van der Waals surface area contributed by atoms with Gasteiger partial charge in [0, 0.05) is 19.7 Å². The van der Waals surface area contributed by atoms with Crippen molar-refractivity contribution in [3.8, 4) is 0 Å². The summed E-state index contributed by atoms with van der Waals surface area (Å²) in [7, 11) is 0. The summed E-state index contributed by atoms with van der Waals surface area (Å²) < 4.78 is 7.86. The van der Waals surface area contributed by atoms with Crippen molar-refractivity contribution in [2.45, 2.75) is 38.5 Å². The Labute approximate surface area is 146 Å². The number of fused-ring (bicyclic) bond motifs is 2. The van der Waals surface area contributed by atoms with Gasteiger partial charge in [-0.05, 0) is 30.4 Å². The summed E-state index contributed by atoms with van der Waals surface area (Å²) in [4.78, 5) is 16.0. The number of anilines is 1. The lowest BCUT2D eigenvalue weighted by atomic mass is 10.00. The van der Waals surface area contributed by atoms with Crippen molar-refractivity contribution in [3.63, 3.8) is 0 Å². The zero-order valence-electron chi connectivity index (χ0n) is 14.1. The second-order valence-electron chi connectivity index (χ2n) is 6.84. The van der Waals surface area contributed by atoms with Gasteiger partial charge >= 0.3 is 0 Å². The molecule has 0 aliphatic carbocycles. The summed E-state index contributed by atoms with van der Waals surface area (Å²) in [6.07, 6.45) is 7.11. The molecule has 1 aromatic carbocycles. The Morgan fingerprint density at radius 3 is 2.92 bits per heavy atom. The molecule has 2 aliphatic heterocycles. The number of aromatic nitrogens is 4. The number of hydrogen-bond acceptors (Lipinski definition) is 5. The lowest BCUT2D eigenvalue weighted by molar-refractivity contribution is 0.0978. The Balaban J connectivity index is 1.47. The Bertz CT molecular complexity index is 900. The van der Waals surface area contributed by atoms with Gasteiger partial charge in [-0.15, -0.1) is 0 Å². The summed E-state index contributed by atoms with van der Waals surface area (Å²) in [6.45, 7) is 3.52. The summed E-state index contributed by atoms with van der Waals surface area (Å²) >= 11 is 0. The number of hydrogen-bond donors (Lipinski definition) is 0. The van der Waals surface area contributed by atoms with Gasteiger partial charge in [0.1, 0.15) is 6.33 Å². The molecule has 4 heterocycles. The Morgan fingerprint density at radius 2 is 2.04 bits per heavy atom. The van der Waals surface area contributed by atoms with Crippen molar-refractivity contribution in [1.29, 1.82) is 0 Å². The standard InChI is InChI=1S/C19H21N5O/c1-2-5-15-10-23(8-7-14(15)4-1)18-17-19(21-12-20-18)24(13-22-17)11-16-6-3-9-25-16/h1-2,4-5,12-13,16H,3,6-11H2. The Morgan fingerprint density at radius 1 is 1.12 bits per heavy atom. The monoisotopic (exact) mass is 335 g/mol. The van der Waals surface area contributed by atoms with Crippen molar-refractivity contribution >= 4 is 17.0 Å². The first-order valence-electron chi connectivity index (χ1n) is 8.97. The summed E-state index contributed by atoms with van der Waals surface area (Å²) in [5, 5.41) is 0. The Hall–Kier alpha value is -2.47. The highest BCUT2D eigenvalue weighted by Gasteiger charge is 2.22. The first-order chi connectivity index (χ1) is 12.4. The fourth-order valence-corrected chi connectivity index (χ4v) is 3.92. The zero-order valence-corrected chi connectivity index (χ0v) is 14.1. The van der Waals surface area contributed by atoms with Crippen molar-refractivity contribution in [2.24, 2.45) is 0 Å². The SMILES string of the molecule is c1ccc2c(c1)CCN(c1ncnc3c1ncn3CC1CCCO1)C2. The molecule has 6 heteroatoms. The van der Waals surface area contributed by atoms with Crippen LogP contribution in [-0.2, 0) is 24.2 Å². The van der Waals surface area contributed by atoms with E-state index in [9.17, 15) is 0 Å². The van der Waals surface area contributed by atoms with Crippen LogP contribution in [0.1, 0.15) is 24.0 Å². The van der Waals surface area contributed by atoms with Crippen LogP contribution in [0.15, 0.2) is 36.9 Å². The van der Waals surface area contributed by atoms with E-state index in [0.717, 1.165) is 62.5 Å². The predicted molar refractivity (Wildman–Crippen MR) is 95.5 cm³/mol. The molecule has 3 aromatic rings. The lowest BCUT2D eigenvalue weighted by Crippen LogP contribution is -2.31. The average molecular weight is 335 g/mol. The quantitative estimate of drug-likeness (QED) is 0.736. The maximum absolute atomic E-state index is 5.76. The highest BCUT2D eigenvalue weighted by Crippen LogP contribution is 2.27. The largest absolute Gasteiger partial charge is 0.376 e. The second-order valence-corrected chi connectivity index (χ2v) is 6.84. The molecule has 0 spiro atoms. The van der Waals surface area contributed by atoms with Crippen LogP contribution in [0.3, 0.4) is 0 Å². The van der Waals surface area contributed by atoms with E-state index in [-0.39, 0.29) is 6.10 Å². The van der Waals surface area contributed by atoms with Crippen LogP contribution in [0.4, 0.5) is 5.82 Å². The van der Waals surface area contributed by atoms with E-state index in [2.05, 4.69) is 48.7 Å². The van der Waals surface area contributed by atoms with E-state index >= 15 is 0 Å². The van der Waals surface area contributed by atoms with E-state index in [4.69, 9.17) is 4.74 Å². The third-order valence-corrected chi connectivity index (χ3v) is 5.24. The van der Waals surface area contributed by atoms with Gasteiger partial charge in [0.15, 0.2) is 17.0 Å². The molecule has 128 valence electrons.